The van der Waals surface area contributed by atoms with Gasteiger partial charge < -0.3 is 29.2 Å². The molecule has 1 aromatic heterocycles. The van der Waals surface area contributed by atoms with Gasteiger partial charge in [0.1, 0.15) is 5.00 Å². The molecule has 0 saturated heterocycles. The number of thiophene rings is 1. The van der Waals surface area contributed by atoms with Crippen LogP contribution >= 0.6 is 11.3 Å². The predicted molar refractivity (Wildman–Crippen MR) is 148 cm³/mol. The number of fused-ring (bicyclic) bond motifs is 1. The molecule has 2 aromatic carbocycles. The number of anilines is 1. The van der Waals surface area contributed by atoms with Gasteiger partial charge in [-0.05, 0) is 50.1 Å². The minimum absolute atomic E-state index is 0.248. The Hall–Kier alpha value is -4.05. The number of ether oxygens (including phenoxy) is 4. The maximum Gasteiger partial charge on any atom is 0.410 e. The minimum Gasteiger partial charge on any atom is -0.493 e. The third-order valence-electron chi connectivity index (χ3n) is 6.16. The number of rotatable bonds is 8. The van der Waals surface area contributed by atoms with Crippen molar-refractivity contribution in [2.75, 3.05) is 39.8 Å². The summed E-state index contributed by atoms with van der Waals surface area (Å²) < 4.78 is 21.6. The molecule has 9 nitrogen and oxygen atoms in total. The van der Waals surface area contributed by atoms with Gasteiger partial charge in [-0.15, -0.1) is 11.3 Å². The topological polar surface area (TPSA) is 98.7 Å². The Bertz CT molecular complexity index is 1350. The first-order valence-electron chi connectivity index (χ1n) is 12.2. The summed E-state index contributed by atoms with van der Waals surface area (Å²) >= 11 is 1.39. The summed E-state index contributed by atoms with van der Waals surface area (Å²) in [5, 5.41) is 3.54. The zero-order chi connectivity index (χ0) is 27.2. The molecule has 2 amide bonds. The molecule has 0 bridgehead atoms. The van der Waals surface area contributed by atoms with Crippen molar-refractivity contribution < 1.29 is 28.5 Å². The number of methoxy groups -OCH3 is 3. The van der Waals surface area contributed by atoms with Gasteiger partial charge in [-0.3, -0.25) is 4.79 Å². The number of amides is 2. The molecule has 2 heterocycles. The molecule has 0 saturated carbocycles. The predicted octanol–water partition coefficient (Wildman–Crippen LogP) is 5.60. The average Bonchev–Trinajstić information content (AvgIpc) is 3.30. The van der Waals surface area contributed by atoms with E-state index >= 15 is 0 Å². The van der Waals surface area contributed by atoms with Crippen molar-refractivity contribution in [3.8, 4) is 17.2 Å². The number of carbonyl (C=O) groups is 2. The standard InChI is InChI=1S/C28H31N3O6S/c1-6-37-28(33)31-14-13-20-22(16-31)38-27(23(20)26(32)30-19-10-7-17(2)8-11-19)29-15-18-9-12-21(34-3)25(36-5)24(18)35-4/h7-12,15H,6,13-14,16H2,1-5H3,(H,30,32). The van der Waals surface area contributed by atoms with Gasteiger partial charge in [-0.25, -0.2) is 9.79 Å². The molecule has 3 aromatic rings. The largest absolute Gasteiger partial charge is 0.493 e. The molecule has 0 aliphatic carbocycles. The van der Waals surface area contributed by atoms with Gasteiger partial charge in [-0.1, -0.05) is 17.7 Å². The Morgan fingerprint density at radius 2 is 1.79 bits per heavy atom. The van der Waals surface area contributed by atoms with Gasteiger partial charge in [0.2, 0.25) is 5.75 Å². The molecule has 0 unspecified atom stereocenters. The molecule has 1 aliphatic heterocycles. The molecular formula is C28H31N3O6S. The summed E-state index contributed by atoms with van der Waals surface area (Å²) in [7, 11) is 4.64. The van der Waals surface area contributed by atoms with E-state index in [1.54, 1.807) is 38.3 Å². The minimum atomic E-state index is -0.364. The van der Waals surface area contributed by atoms with Crippen LogP contribution in [-0.2, 0) is 17.7 Å². The van der Waals surface area contributed by atoms with Crippen LogP contribution in [0.4, 0.5) is 15.5 Å². The average molecular weight is 538 g/mol. The summed E-state index contributed by atoms with van der Waals surface area (Å²) in [6, 6.07) is 11.2. The fourth-order valence-electron chi connectivity index (χ4n) is 4.27. The maximum absolute atomic E-state index is 13.5. The SMILES string of the molecule is CCOC(=O)N1CCc2c(sc(N=Cc3ccc(OC)c(OC)c3OC)c2C(=O)Nc2ccc(C)cc2)C1. The number of hydrogen-bond donors (Lipinski definition) is 1. The Balaban J connectivity index is 1.73. The number of hydrogen-bond acceptors (Lipinski definition) is 8. The van der Waals surface area contributed by atoms with Gasteiger partial charge in [-0.2, -0.15) is 0 Å². The molecule has 200 valence electrons. The van der Waals surface area contributed by atoms with E-state index in [1.807, 2.05) is 37.3 Å². The van der Waals surface area contributed by atoms with E-state index in [1.165, 1.54) is 18.4 Å². The quantitative estimate of drug-likeness (QED) is 0.376. The highest BCUT2D eigenvalue weighted by molar-refractivity contribution is 7.16. The molecule has 0 spiro atoms. The van der Waals surface area contributed by atoms with Gasteiger partial charge in [0.05, 0.1) is 40.0 Å². The lowest BCUT2D eigenvalue weighted by atomic mass is 10.0. The van der Waals surface area contributed by atoms with E-state index in [0.717, 1.165) is 16.0 Å². The van der Waals surface area contributed by atoms with E-state index in [4.69, 9.17) is 23.9 Å². The molecule has 0 radical (unpaired) electrons. The number of carbonyl (C=O) groups excluding carboxylic acids is 2. The highest BCUT2D eigenvalue weighted by Crippen LogP contribution is 2.42. The van der Waals surface area contributed by atoms with Crippen LogP contribution in [0.5, 0.6) is 17.2 Å². The lowest BCUT2D eigenvalue weighted by molar-refractivity contribution is 0.102. The fourth-order valence-corrected chi connectivity index (χ4v) is 5.47. The van der Waals surface area contributed by atoms with E-state index in [-0.39, 0.29) is 12.0 Å². The van der Waals surface area contributed by atoms with Crippen LogP contribution in [0.25, 0.3) is 0 Å². The summed E-state index contributed by atoms with van der Waals surface area (Å²) in [6.45, 7) is 4.89. The van der Waals surface area contributed by atoms with Crippen LogP contribution in [0, 0.1) is 6.92 Å². The lowest BCUT2D eigenvalue weighted by Crippen LogP contribution is -2.36. The van der Waals surface area contributed by atoms with Crippen LogP contribution in [0.2, 0.25) is 0 Å². The number of aryl methyl sites for hydroxylation is 1. The van der Waals surface area contributed by atoms with E-state index in [2.05, 4.69) is 5.32 Å². The summed E-state index contributed by atoms with van der Waals surface area (Å²) in [5.41, 5.74) is 3.86. The van der Waals surface area contributed by atoms with Crippen molar-refractivity contribution in [3.05, 3.63) is 63.5 Å². The van der Waals surface area contributed by atoms with Crippen molar-refractivity contribution in [2.45, 2.75) is 26.8 Å². The first kappa shape index (κ1) is 27.0. The van der Waals surface area contributed by atoms with Gasteiger partial charge in [0.15, 0.2) is 11.5 Å². The van der Waals surface area contributed by atoms with Crippen LogP contribution in [0.1, 0.15) is 38.8 Å². The number of nitrogens with zero attached hydrogens (tertiary/aromatic N) is 2. The molecule has 0 atom stereocenters. The number of benzene rings is 2. The molecular weight excluding hydrogens is 506 g/mol. The van der Waals surface area contributed by atoms with Crippen molar-refractivity contribution in [2.24, 2.45) is 4.99 Å². The van der Waals surface area contributed by atoms with Crippen molar-refractivity contribution in [1.82, 2.24) is 4.90 Å². The third-order valence-corrected chi connectivity index (χ3v) is 7.28. The first-order chi connectivity index (χ1) is 18.4. The van der Waals surface area contributed by atoms with Crippen LogP contribution < -0.4 is 19.5 Å². The third kappa shape index (κ3) is 5.60. The van der Waals surface area contributed by atoms with E-state index < -0.39 is 0 Å². The number of nitrogens with one attached hydrogen (secondary N) is 1. The fraction of sp³-hybridized carbons (Fsp3) is 0.321. The normalized spacial score (nSPS) is 12.7. The van der Waals surface area contributed by atoms with Crippen molar-refractivity contribution >= 4 is 40.2 Å². The second-order valence-electron chi connectivity index (χ2n) is 8.56. The van der Waals surface area contributed by atoms with Crippen molar-refractivity contribution in [1.29, 1.82) is 0 Å². The monoisotopic (exact) mass is 537 g/mol. The van der Waals surface area contributed by atoms with E-state index in [9.17, 15) is 9.59 Å². The Morgan fingerprint density at radius 1 is 1.05 bits per heavy atom. The van der Waals surface area contributed by atoms with Crippen LogP contribution in [0.15, 0.2) is 41.4 Å². The summed E-state index contributed by atoms with van der Waals surface area (Å²) in [5.74, 6) is 1.20. The second-order valence-corrected chi connectivity index (χ2v) is 9.64. The zero-order valence-corrected chi connectivity index (χ0v) is 22.9. The zero-order valence-electron chi connectivity index (χ0n) is 22.1. The Kier molecular flexibility index (Phi) is 8.52. The summed E-state index contributed by atoms with van der Waals surface area (Å²) in [6.07, 6.45) is 1.80. The molecule has 1 aliphatic rings. The molecule has 38 heavy (non-hydrogen) atoms. The van der Waals surface area contributed by atoms with Gasteiger partial charge in [0.25, 0.3) is 5.91 Å². The highest BCUT2D eigenvalue weighted by Gasteiger charge is 2.30. The Labute approximate surface area is 226 Å². The molecule has 10 heteroatoms. The summed E-state index contributed by atoms with van der Waals surface area (Å²) in [4.78, 5) is 33.2. The lowest BCUT2D eigenvalue weighted by Gasteiger charge is -2.26. The van der Waals surface area contributed by atoms with Gasteiger partial charge in [0, 0.05) is 28.9 Å². The molecule has 4 rings (SSSR count). The molecule has 0 fully saturated rings. The smallest absolute Gasteiger partial charge is 0.410 e. The second kappa shape index (κ2) is 12.0. The number of aliphatic imine (C=N–C) groups is 1. The van der Waals surface area contributed by atoms with Crippen LogP contribution in [-0.4, -0.2) is 57.6 Å². The molecule has 1 N–H and O–H groups in total. The van der Waals surface area contributed by atoms with Crippen LogP contribution in [0.3, 0.4) is 0 Å². The highest BCUT2D eigenvalue weighted by atomic mass is 32.1. The maximum atomic E-state index is 13.5. The van der Waals surface area contributed by atoms with Crippen molar-refractivity contribution in [3.63, 3.8) is 0 Å². The Morgan fingerprint density at radius 3 is 2.45 bits per heavy atom. The van der Waals surface area contributed by atoms with Gasteiger partial charge >= 0.3 is 6.09 Å². The van der Waals surface area contributed by atoms with E-state index in [0.29, 0.717) is 65.2 Å². The first-order valence-corrected chi connectivity index (χ1v) is 13.0.